The molecule has 0 fully saturated rings. The fourth-order valence-corrected chi connectivity index (χ4v) is 14.9. The van der Waals surface area contributed by atoms with Crippen molar-refractivity contribution in [3.8, 4) is 73.2 Å². The summed E-state index contributed by atoms with van der Waals surface area (Å²) >= 11 is 0. The molecule has 15 aromatic carbocycles. The number of aromatic nitrogens is 4. The van der Waals surface area contributed by atoms with Gasteiger partial charge in [0.2, 0.25) is 5.95 Å². The molecule has 2 heterocycles. The maximum Gasteiger partial charge on any atom is 0.238 e. The fourth-order valence-electron chi connectivity index (χ4n) is 14.9. The van der Waals surface area contributed by atoms with Crippen molar-refractivity contribution in [2.75, 3.05) is 4.90 Å². The molecule has 0 unspecified atom stereocenters. The molecule has 1 aliphatic rings. The first-order chi connectivity index (χ1) is 44.9. The number of benzene rings is 15. The number of rotatable bonds is 9. The van der Waals surface area contributed by atoms with Gasteiger partial charge < -0.3 is 4.90 Å². The molecule has 0 saturated carbocycles. The molecule has 0 amide bonds. The van der Waals surface area contributed by atoms with E-state index in [0.29, 0.717) is 17.6 Å². The summed E-state index contributed by atoms with van der Waals surface area (Å²) in [4.78, 5) is 19.1. The van der Waals surface area contributed by atoms with Crippen molar-refractivity contribution < 1.29 is 0 Å². The average molecular weight is 1160 g/mol. The van der Waals surface area contributed by atoms with E-state index in [1.807, 2.05) is 0 Å². The average Bonchev–Trinajstić information content (AvgIpc) is 1.56. The standard InChI is InChI=1S/C86H57N5/c1-86(2)75-46-48-79-81(80(75)73-52-71-69-38-18-16-36-67(69)68-37-17-19-39-70(68)72(71)53-76(73)86)74-51-61(64-33-20-21-40-77(64)90(63-31-10-5-11-32-63)82-65-34-14-12-27-59(65)50-60-28-13-15-35-66(60)82)45-47-78(74)91(79)85-88-83(57-43-41-56(42-44-57)54-23-6-3-7-24-54)87-84(89-85)62-30-22-29-58(49-62)55-25-8-4-9-26-55/h3-53H,1-2H3. The third-order valence-electron chi connectivity index (χ3n) is 19.2. The van der Waals surface area contributed by atoms with Gasteiger partial charge in [-0.15, -0.1) is 0 Å². The van der Waals surface area contributed by atoms with Gasteiger partial charge >= 0.3 is 0 Å². The zero-order valence-electron chi connectivity index (χ0n) is 50.2. The van der Waals surface area contributed by atoms with E-state index in [4.69, 9.17) is 15.0 Å². The summed E-state index contributed by atoms with van der Waals surface area (Å²) < 4.78 is 2.31. The molecule has 18 rings (SSSR count). The second-order valence-electron chi connectivity index (χ2n) is 24.6. The zero-order chi connectivity index (χ0) is 60.3. The number of hydrogen-bond donors (Lipinski definition) is 0. The van der Waals surface area contributed by atoms with Crippen LogP contribution in [0.4, 0.5) is 17.1 Å². The van der Waals surface area contributed by atoms with E-state index < -0.39 is 0 Å². The van der Waals surface area contributed by atoms with Crippen LogP contribution < -0.4 is 4.90 Å². The predicted octanol–water partition coefficient (Wildman–Crippen LogP) is 22.8. The minimum atomic E-state index is -0.348. The van der Waals surface area contributed by atoms with E-state index in [0.717, 1.165) is 83.4 Å². The Labute approximate surface area is 527 Å². The molecule has 426 valence electrons. The molecule has 91 heavy (non-hydrogen) atoms. The van der Waals surface area contributed by atoms with Gasteiger partial charge in [0.15, 0.2) is 11.6 Å². The van der Waals surface area contributed by atoms with Gasteiger partial charge in [-0.1, -0.05) is 263 Å². The lowest BCUT2D eigenvalue weighted by Crippen LogP contribution is -2.15. The largest absolute Gasteiger partial charge is 0.309 e. The van der Waals surface area contributed by atoms with Gasteiger partial charge in [0, 0.05) is 49.3 Å². The third-order valence-corrected chi connectivity index (χ3v) is 19.2. The molecule has 0 bridgehead atoms. The topological polar surface area (TPSA) is 46.8 Å². The van der Waals surface area contributed by atoms with Crippen LogP contribution in [-0.4, -0.2) is 19.5 Å². The summed E-state index contributed by atoms with van der Waals surface area (Å²) in [6, 6.07) is 113. The van der Waals surface area contributed by atoms with Crippen LogP contribution >= 0.6 is 0 Å². The van der Waals surface area contributed by atoms with Crippen LogP contribution in [0, 0.1) is 0 Å². The van der Waals surface area contributed by atoms with Crippen molar-refractivity contribution in [2.45, 2.75) is 19.3 Å². The molecule has 2 aromatic heterocycles. The monoisotopic (exact) mass is 1160 g/mol. The first kappa shape index (κ1) is 52.3. The lowest BCUT2D eigenvalue weighted by molar-refractivity contribution is 0.661. The fraction of sp³-hybridized carbons (Fsp3) is 0.0349. The normalized spacial score (nSPS) is 12.6. The van der Waals surface area contributed by atoms with Gasteiger partial charge in [-0.2, -0.15) is 9.97 Å². The van der Waals surface area contributed by atoms with Crippen molar-refractivity contribution in [3.63, 3.8) is 0 Å². The second-order valence-corrected chi connectivity index (χ2v) is 24.6. The van der Waals surface area contributed by atoms with E-state index in [1.54, 1.807) is 0 Å². The van der Waals surface area contributed by atoms with Crippen LogP contribution in [0.5, 0.6) is 0 Å². The second kappa shape index (κ2) is 20.7. The maximum atomic E-state index is 5.61. The van der Waals surface area contributed by atoms with E-state index in [9.17, 15) is 0 Å². The van der Waals surface area contributed by atoms with Gasteiger partial charge in [0.25, 0.3) is 0 Å². The summed E-state index contributed by atoms with van der Waals surface area (Å²) in [7, 11) is 0. The van der Waals surface area contributed by atoms with Crippen LogP contribution in [0.1, 0.15) is 25.0 Å². The van der Waals surface area contributed by atoms with Crippen LogP contribution in [0.15, 0.2) is 309 Å². The highest BCUT2D eigenvalue weighted by Crippen LogP contribution is 2.56. The summed E-state index contributed by atoms with van der Waals surface area (Å²) in [6.45, 7) is 4.82. The Morgan fingerprint density at radius 3 is 1.47 bits per heavy atom. The highest BCUT2D eigenvalue weighted by atomic mass is 15.2. The van der Waals surface area contributed by atoms with Crippen molar-refractivity contribution in [3.05, 3.63) is 321 Å². The molecule has 0 radical (unpaired) electrons. The lowest BCUT2D eigenvalue weighted by atomic mass is 9.81. The molecule has 1 aliphatic carbocycles. The quantitative estimate of drug-likeness (QED) is 0.107. The van der Waals surface area contributed by atoms with E-state index in [1.165, 1.54) is 76.1 Å². The van der Waals surface area contributed by atoms with Gasteiger partial charge in [-0.05, 0) is 154 Å². The molecule has 0 N–H and O–H groups in total. The summed E-state index contributed by atoms with van der Waals surface area (Å²) in [6.07, 6.45) is 0. The first-order valence-electron chi connectivity index (χ1n) is 31.3. The summed E-state index contributed by atoms with van der Waals surface area (Å²) in [5, 5.41) is 14.6. The number of para-hydroxylation sites is 2. The molecule has 0 spiro atoms. The Kier molecular flexibility index (Phi) is 11.9. The SMILES string of the molecule is CC1(C)c2cc3c4ccccc4c4ccccc4c3cc2-c2c1ccc1c2c2cc(-c3ccccc3N(c3ccccc3)c3c4ccccc4cc4ccccc34)ccc2n1-c1nc(-c2ccc(-c3ccccc3)cc2)nc(-c2cccc(-c3ccccc3)c2)n1. The molecule has 17 aromatic rings. The molecule has 0 saturated heterocycles. The summed E-state index contributed by atoms with van der Waals surface area (Å²) in [5.74, 6) is 1.72. The van der Waals surface area contributed by atoms with Crippen LogP contribution in [0.2, 0.25) is 0 Å². The Morgan fingerprint density at radius 1 is 0.308 bits per heavy atom. The van der Waals surface area contributed by atoms with Gasteiger partial charge in [0.05, 0.1) is 22.4 Å². The van der Waals surface area contributed by atoms with Crippen molar-refractivity contribution in [1.29, 1.82) is 0 Å². The van der Waals surface area contributed by atoms with Gasteiger partial charge in [0.1, 0.15) is 0 Å². The number of nitrogens with zero attached hydrogens (tertiary/aromatic N) is 5. The van der Waals surface area contributed by atoms with Crippen LogP contribution in [0.3, 0.4) is 0 Å². The van der Waals surface area contributed by atoms with E-state index >= 15 is 0 Å². The maximum absolute atomic E-state index is 5.61. The third kappa shape index (κ3) is 8.35. The van der Waals surface area contributed by atoms with Crippen molar-refractivity contribution in [2.24, 2.45) is 0 Å². The molecular formula is C86H57N5. The van der Waals surface area contributed by atoms with Crippen LogP contribution in [-0.2, 0) is 5.41 Å². The molecule has 0 aliphatic heterocycles. The predicted molar refractivity (Wildman–Crippen MR) is 381 cm³/mol. The Morgan fingerprint density at radius 2 is 0.802 bits per heavy atom. The van der Waals surface area contributed by atoms with Gasteiger partial charge in [-0.3, -0.25) is 4.57 Å². The Balaban J connectivity index is 0.926. The summed E-state index contributed by atoms with van der Waals surface area (Å²) in [5.41, 5.74) is 18.5. The first-order valence-corrected chi connectivity index (χ1v) is 31.3. The number of anilines is 3. The highest BCUT2D eigenvalue weighted by molar-refractivity contribution is 6.27. The minimum absolute atomic E-state index is 0.348. The Bertz CT molecular complexity index is 5740. The Hall–Kier alpha value is -11.8. The van der Waals surface area contributed by atoms with E-state index in [2.05, 4.69) is 333 Å². The number of fused-ring (bicyclic) bond motifs is 15. The highest BCUT2D eigenvalue weighted by Gasteiger charge is 2.39. The number of hydrogen-bond acceptors (Lipinski definition) is 4. The zero-order valence-corrected chi connectivity index (χ0v) is 50.2. The minimum Gasteiger partial charge on any atom is -0.309 e. The van der Waals surface area contributed by atoms with Crippen molar-refractivity contribution >= 4 is 92.7 Å². The molecular weight excluding hydrogens is 1100 g/mol. The molecule has 5 nitrogen and oxygen atoms in total. The van der Waals surface area contributed by atoms with Crippen molar-refractivity contribution in [1.82, 2.24) is 19.5 Å². The van der Waals surface area contributed by atoms with Gasteiger partial charge in [-0.25, -0.2) is 4.98 Å². The molecule has 0 atom stereocenters. The smallest absolute Gasteiger partial charge is 0.238 e. The van der Waals surface area contributed by atoms with Crippen LogP contribution in [0.25, 0.3) is 149 Å². The lowest BCUT2D eigenvalue weighted by Gasteiger charge is -2.30. The molecule has 5 heteroatoms. The van der Waals surface area contributed by atoms with E-state index in [-0.39, 0.29) is 5.41 Å².